The molecule has 1 heterocycles. The van der Waals surface area contributed by atoms with Crippen LogP contribution < -0.4 is 15.0 Å². The lowest BCUT2D eigenvalue weighted by Crippen LogP contribution is -2.46. The van der Waals surface area contributed by atoms with E-state index in [4.69, 9.17) is 4.74 Å². The van der Waals surface area contributed by atoms with E-state index in [-0.39, 0.29) is 12.5 Å². The van der Waals surface area contributed by atoms with Crippen molar-refractivity contribution in [3.63, 3.8) is 0 Å². The summed E-state index contributed by atoms with van der Waals surface area (Å²) in [5.41, 5.74) is 3.04. The average molecular weight is 367 g/mol. The number of carbonyl (C=O) groups is 1. The molecule has 5 nitrogen and oxygen atoms in total. The lowest BCUT2D eigenvalue weighted by molar-refractivity contribution is -0.118. The Hall–Kier alpha value is -2.53. The highest BCUT2D eigenvalue weighted by atomic mass is 16.5. The molecular weight excluding hydrogens is 338 g/mol. The molecule has 27 heavy (non-hydrogen) atoms. The molecule has 0 unspecified atom stereocenters. The zero-order chi connectivity index (χ0) is 19.1. The smallest absolute Gasteiger partial charge is 0.262 e. The van der Waals surface area contributed by atoms with Gasteiger partial charge in [0.05, 0.1) is 11.4 Å². The number of carbonyl (C=O) groups excluding carboxylic acids is 1. The number of anilines is 2. The first-order valence-corrected chi connectivity index (χ1v) is 9.78. The first kappa shape index (κ1) is 19.2. The average Bonchev–Trinajstić information content (AvgIpc) is 2.73. The minimum atomic E-state index is -0.138. The molecule has 1 N–H and O–H groups in total. The van der Waals surface area contributed by atoms with Crippen molar-refractivity contribution >= 4 is 17.3 Å². The van der Waals surface area contributed by atoms with Gasteiger partial charge in [0.1, 0.15) is 5.75 Å². The molecule has 2 aromatic rings. The third-order valence-electron chi connectivity index (χ3n) is 5.05. The van der Waals surface area contributed by atoms with Crippen molar-refractivity contribution in [1.82, 2.24) is 4.90 Å². The highest BCUT2D eigenvalue weighted by Gasteiger charge is 2.19. The monoisotopic (exact) mass is 367 g/mol. The summed E-state index contributed by atoms with van der Waals surface area (Å²) < 4.78 is 5.74. The fraction of sp³-hybridized carbons (Fsp3) is 0.409. The predicted octanol–water partition coefficient (Wildman–Crippen LogP) is 3.41. The first-order chi connectivity index (χ1) is 13.2. The van der Waals surface area contributed by atoms with Crippen LogP contribution in [-0.4, -0.2) is 50.1 Å². The number of piperazine rings is 1. The zero-order valence-electron chi connectivity index (χ0n) is 16.3. The van der Waals surface area contributed by atoms with Crippen LogP contribution in [0.5, 0.6) is 5.75 Å². The molecule has 3 rings (SSSR count). The third-order valence-corrected chi connectivity index (χ3v) is 5.05. The van der Waals surface area contributed by atoms with Gasteiger partial charge in [0.25, 0.3) is 5.91 Å². The van der Waals surface area contributed by atoms with E-state index in [0.29, 0.717) is 0 Å². The second-order valence-electron chi connectivity index (χ2n) is 6.74. The Kier molecular flexibility index (Phi) is 6.71. The van der Waals surface area contributed by atoms with Crippen molar-refractivity contribution in [3.05, 3.63) is 54.1 Å². The van der Waals surface area contributed by atoms with E-state index >= 15 is 0 Å². The van der Waals surface area contributed by atoms with E-state index in [1.54, 1.807) is 0 Å². The molecule has 144 valence electrons. The van der Waals surface area contributed by atoms with Crippen LogP contribution >= 0.6 is 0 Å². The van der Waals surface area contributed by atoms with Crippen LogP contribution in [0.2, 0.25) is 0 Å². The van der Waals surface area contributed by atoms with Gasteiger partial charge in [0, 0.05) is 26.2 Å². The number of hydrogen-bond acceptors (Lipinski definition) is 4. The summed E-state index contributed by atoms with van der Waals surface area (Å²) in [5.74, 6) is 0.639. The molecule has 0 aliphatic carbocycles. The van der Waals surface area contributed by atoms with Crippen molar-refractivity contribution in [2.45, 2.75) is 20.3 Å². The van der Waals surface area contributed by atoms with Crippen LogP contribution in [0.1, 0.15) is 19.4 Å². The fourth-order valence-corrected chi connectivity index (χ4v) is 3.43. The number of nitrogens with one attached hydrogen (secondary N) is 1. The van der Waals surface area contributed by atoms with Crippen LogP contribution in [0.15, 0.2) is 48.5 Å². The Bertz CT molecular complexity index is 755. The summed E-state index contributed by atoms with van der Waals surface area (Å²) in [5, 5.41) is 3.02. The molecule has 0 spiro atoms. The van der Waals surface area contributed by atoms with Gasteiger partial charge in [-0.1, -0.05) is 44.2 Å². The number of nitrogens with zero attached hydrogens (tertiary/aromatic N) is 2. The molecule has 1 aliphatic rings. The van der Waals surface area contributed by atoms with Gasteiger partial charge in [0.2, 0.25) is 0 Å². The molecule has 1 saturated heterocycles. The second kappa shape index (κ2) is 9.42. The van der Waals surface area contributed by atoms with Crippen LogP contribution in [0.4, 0.5) is 11.4 Å². The lowest BCUT2D eigenvalue weighted by Gasteiger charge is -2.36. The molecule has 0 radical (unpaired) electrons. The third kappa shape index (κ3) is 5.01. The molecule has 2 aromatic carbocycles. The number of ether oxygens (including phenoxy) is 1. The van der Waals surface area contributed by atoms with E-state index in [1.165, 1.54) is 0 Å². The maximum atomic E-state index is 12.5. The van der Waals surface area contributed by atoms with Gasteiger partial charge in [-0.2, -0.15) is 0 Å². The zero-order valence-corrected chi connectivity index (χ0v) is 16.3. The van der Waals surface area contributed by atoms with Crippen LogP contribution in [0.3, 0.4) is 0 Å². The van der Waals surface area contributed by atoms with E-state index in [0.717, 1.165) is 61.8 Å². The van der Waals surface area contributed by atoms with Crippen molar-refractivity contribution in [2.75, 3.05) is 49.5 Å². The van der Waals surface area contributed by atoms with Crippen LogP contribution in [-0.2, 0) is 11.2 Å². The Morgan fingerprint density at radius 2 is 1.70 bits per heavy atom. The quantitative estimate of drug-likeness (QED) is 0.815. The molecule has 0 bridgehead atoms. The summed E-state index contributed by atoms with van der Waals surface area (Å²) in [7, 11) is 0. The largest absolute Gasteiger partial charge is 0.483 e. The van der Waals surface area contributed by atoms with Gasteiger partial charge in [-0.25, -0.2) is 0 Å². The summed E-state index contributed by atoms with van der Waals surface area (Å²) in [6.07, 6.45) is 0.879. The van der Waals surface area contributed by atoms with E-state index in [9.17, 15) is 4.79 Å². The van der Waals surface area contributed by atoms with Crippen LogP contribution in [0.25, 0.3) is 0 Å². The van der Waals surface area contributed by atoms with E-state index in [2.05, 4.69) is 35.0 Å². The maximum absolute atomic E-state index is 12.5. The van der Waals surface area contributed by atoms with Gasteiger partial charge >= 0.3 is 0 Å². The summed E-state index contributed by atoms with van der Waals surface area (Å²) in [4.78, 5) is 17.2. The molecule has 0 aromatic heterocycles. The van der Waals surface area contributed by atoms with Gasteiger partial charge < -0.3 is 19.9 Å². The molecule has 5 heteroatoms. The van der Waals surface area contributed by atoms with Crippen molar-refractivity contribution in [1.29, 1.82) is 0 Å². The number of aryl methyl sites for hydroxylation is 1. The molecule has 1 fully saturated rings. The van der Waals surface area contributed by atoms with Gasteiger partial charge in [-0.05, 0) is 36.7 Å². The number of rotatable bonds is 7. The van der Waals surface area contributed by atoms with Gasteiger partial charge in [-0.15, -0.1) is 0 Å². The van der Waals surface area contributed by atoms with Crippen LogP contribution in [0, 0.1) is 0 Å². The molecule has 1 aliphatic heterocycles. The lowest BCUT2D eigenvalue weighted by atomic mass is 10.1. The number of amides is 1. The Morgan fingerprint density at radius 1 is 1.00 bits per heavy atom. The SMILES string of the molecule is CCc1ccccc1OCC(=O)Nc1ccccc1N1CCN(CC)CC1. The van der Waals surface area contributed by atoms with Crippen molar-refractivity contribution in [2.24, 2.45) is 0 Å². The maximum Gasteiger partial charge on any atom is 0.262 e. The minimum Gasteiger partial charge on any atom is -0.483 e. The first-order valence-electron chi connectivity index (χ1n) is 9.78. The second-order valence-corrected chi connectivity index (χ2v) is 6.74. The van der Waals surface area contributed by atoms with Crippen molar-refractivity contribution < 1.29 is 9.53 Å². The molecular formula is C22H29N3O2. The number of benzene rings is 2. The summed E-state index contributed by atoms with van der Waals surface area (Å²) in [6, 6.07) is 15.9. The Morgan fingerprint density at radius 3 is 2.44 bits per heavy atom. The van der Waals surface area contributed by atoms with Gasteiger partial charge in [-0.3, -0.25) is 4.79 Å². The Balaban J connectivity index is 1.61. The molecule has 0 saturated carbocycles. The van der Waals surface area contributed by atoms with Gasteiger partial charge in [0.15, 0.2) is 6.61 Å². The Labute approximate surface area is 161 Å². The highest BCUT2D eigenvalue weighted by molar-refractivity contribution is 5.95. The predicted molar refractivity (Wildman–Crippen MR) is 111 cm³/mol. The summed E-state index contributed by atoms with van der Waals surface area (Å²) >= 11 is 0. The number of likely N-dealkylation sites (N-methyl/N-ethyl adjacent to an activating group) is 1. The minimum absolute atomic E-state index is 0.00889. The fourth-order valence-electron chi connectivity index (χ4n) is 3.43. The standard InChI is InChI=1S/C22H29N3O2/c1-3-18-9-5-8-12-21(18)27-17-22(26)23-19-10-6-7-11-20(19)25-15-13-24(4-2)14-16-25/h5-12H,3-4,13-17H2,1-2H3,(H,23,26). The number of hydrogen-bond donors (Lipinski definition) is 1. The molecule has 0 atom stereocenters. The summed E-state index contributed by atoms with van der Waals surface area (Å²) in [6.45, 7) is 9.42. The van der Waals surface area contributed by atoms with E-state index < -0.39 is 0 Å². The topological polar surface area (TPSA) is 44.8 Å². The normalized spacial score (nSPS) is 14.8. The van der Waals surface area contributed by atoms with Crippen molar-refractivity contribution in [3.8, 4) is 5.75 Å². The number of para-hydroxylation sites is 3. The van der Waals surface area contributed by atoms with E-state index in [1.807, 2.05) is 42.5 Å². The highest BCUT2D eigenvalue weighted by Crippen LogP contribution is 2.26. The molecule has 1 amide bonds.